The van der Waals surface area contributed by atoms with Gasteiger partial charge in [-0.2, -0.15) is 5.26 Å². The molecular weight excluding hydrogens is 719 g/mol. The molecule has 3 aliphatic rings. The quantitative estimate of drug-likeness (QED) is 0.130. The van der Waals surface area contributed by atoms with Crippen LogP contribution in [0.15, 0.2) is 71.3 Å². The van der Waals surface area contributed by atoms with Gasteiger partial charge in [0.25, 0.3) is 6.43 Å². The van der Waals surface area contributed by atoms with Crippen LogP contribution in [-0.2, 0) is 17.9 Å². The summed E-state index contributed by atoms with van der Waals surface area (Å²) in [5.41, 5.74) is 4.85. The van der Waals surface area contributed by atoms with Crippen molar-refractivity contribution in [3.63, 3.8) is 0 Å². The van der Waals surface area contributed by atoms with Gasteiger partial charge in [0.15, 0.2) is 17.2 Å². The number of alkyl halides is 2. The fourth-order valence-electron chi connectivity index (χ4n) is 8.25. The second-order valence-electron chi connectivity index (χ2n) is 16.0. The zero-order valence-electron chi connectivity index (χ0n) is 31.3. The van der Waals surface area contributed by atoms with Crippen molar-refractivity contribution in [3.05, 3.63) is 101 Å². The fraction of sp³-hybridized carbons (Fsp3) is 0.381. The van der Waals surface area contributed by atoms with E-state index in [1.54, 1.807) is 25.3 Å². The Labute approximate surface area is 322 Å². The second kappa shape index (κ2) is 14.5. The molecule has 0 radical (unpaired) electrons. The van der Waals surface area contributed by atoms with E-state index < -0.39 is 29.0 Å². The van der Waals surface area contributed by atoms with E-state index in [4.69, 9.17) is 9.40 Å². The van der Waals surface area contributed by atoms with Crippen LogP contribution in [0.5, 0.6) is 0 Å². The summed E-state index contributed by atoms with van der Waals surface area (Å²) in [6.45, 7) is 9.35. The molecule has 0 bridgehead atoms. The molecule has 3 atom stereocenters. The van der Waals surface area contributed by atoms with Crippen LogP contribution < -0.4 is 5.32 Å². The molecule has 288 valence electrons. The highest BCUT2D eigenvalue weighted by molar-refractivity contribution is 5.88. The van der Waals surface area contributed by atoms with E-state index in [1.165, 1.54) is 0 Å². The van der Waals surface area contributed by atoms with Crippen molar-refractivity contribution >= 4 is 45.2 Å². The maximum atomic E-state index is 14.0. The van der Waals surface area contributed by atoms with Crippen molar-refractivity contribution in [1.29, 1.82) is 5.26 Å². The molecule has 2 saturated heterocycles. The van der Waals surface area contributed by atoms with Crippen molar-refractivity contribution in [3.8, 4) is 6.07 Å². The minimum Gasteiger partial charge on any atom is -0.481 e. The van der Waals surface area contributed by atoms with Crippen LogP contribution in [0.3, 0.4) is 0 Å². The van der Waals surface area contributed by atoms with Crippen LogP contribution in [0.2, 0.25) is 0 Å². The summed E-state index contributed by atoms with van der Waals surface area (Å²) in [7, 11) is 0. The molecule has 0 amide bonds. The average Bonchev–Trinajstić information content (AvgIpc) is 3.89. The Morgan fingerprint density at radius 2 is 1.88 bits per heavy atom. The van der Waals surface area contributed by atoms with Gasteiger partial charge in [-0.1, -0.05) is 44.2 Å². The Balaban J connectivity index is 1.05. The molecule has 1 unspecified atom stereocenters. The van der Waals surface area contributed by atoms with Crippen molar-refractivity contribution in [2.24, 2.45) is 10.8 Å². The number of oxazole rings is 1. The van der Waals surface area contributed by atoms with Gasteiger partial charge in [0.05, 0.1) is 28.5 Å². The van der Waals surface area contributed by atoms with Gasteiger partial charge in [0.1, 0.15) is 17.1 Å². The molecule has 2 aliphatic heterocycles. The molecule has 5 heterocycles. The lowest BCUT2D eigenvalue weighted by molar-refractivity contribution is -0.147. The number of carboxylic acid groups (broad SMARTS) is 1. The summed E-state index contributed by atoms with van der Waals surface area (Å²) in [6, 6.07) is 15.4. The second-order valence-corrected chi connectivity index (χ2v) is 16.0. The van der Waals surface area contributed by atoms with E-state index in [2.05, 4.69) is 50.0 Å². The van der Waals surface area contributed by atoms with Crippen LogP contribution in [-0.4, -0.2) is 78.2 Å². The third-order valence-electron chi connectivity index (χ3n) is 11.4. The van der Waals surface area contributed by atoms with Gasteiger partial charge in [-0.25, -0.2) is 23.7 Å². The number of β-amino-alcohol motifs (C(OH)–C–C–N with tert-alkyl or cyclic N) is 1. The van der Waals surface area contributed by atoms with E-state index in [1.807, 2.05) is 48.6 Å². The third-order valence-corrected chi connectivity index (χ3v) is 11.4. The lowest BCUT2D eigenvalue weighted by Crippen LogP contribution is -2.31. The molecule has 12 nitrogen and oxygen atoms in total. The van der Waals surface area contributed by atoms with Gasteiger partial charge in [-0.3, -0.25) is 19.6 Å². The summed E-state index contributed by atoms with van der Waals surface area (Å²) in [4.78, 5) is 33.8. The number of aliphatic hydroxyl groups excluding tert-OH is 1. The van der Waals surface area contributed by atoms with Crippen LogP contribution in [0.1, 0.15) is 79.9 Å². The highest BCUT2D eigenvalue weighted by Gasteiger charge is 2.41. The summed E-state index contributed by atoms with van der Waals surface area (Å²) in [6.07, 6.45) is 5.71. The lowest BCUT2D eigenvalue weighted by atomic mass is 9.68. The molecule has 14 heteroatoms. The number of hydrogen-bond acceptors (Lipinski definition) is 11. The van der Waals surface area contributed by atoms with Crippen molar-refractivity contribution in [2.75, 3.05) is 31.5 Å². The first-order valence-corrected chi connectivity index (χ1v) is 18.7. The highest BCUT2D eigenvalue weighted by atomic mass is 19.3. The SMILES string of the molecule is CC1(C)C(c2cccc(Nc3nc(C(F)F)nc4cc(CN5CC[C@@H](O)C5)cnc34)c2)=CC=CC1c1nc2cc(CN3CC[C@](C)(C(=O)O)C3)cc(C#N)c2o1. The summed E-state index contributed by atoms with van der Waals surface area (Å²) < 4.78 is 34.4. The summed E-state index contributed by atoms with van der Waals surface area (Å²) in [5, 5.41) is 32.9. The number of halogens is 2. The number of nitrogens with zero attached hydrogens (tertiary/aromatic N) is 7. The molecule has 3 aromatic heterocycles. The molecule has 0 spiro atoms. The third kappa shape index (κ3) is 7.13. The number of rotatable bonds is 10. The van der Waals surface area contributed by atoms with Gasteiger partial charge in [-0.15, -0.1) is 0 Å². The number of benzene rings is 2. The van der Waals surface area contributed by atoms with Crippen molar-refractivity contribution in [1.82, 2.24) is 29.7 Å². The number of nitrogens with one attached hydrogen (secondary N) is 1. The number of aliphatic carboxylic acids is 1. The first-order valence-electron chi connectivity index (χ1n) is 18.7. The Morgan fingerprint density at radius 3 is 2.61 bits per heavy atom. The standard InChI is InChI=1S/C42H42F2N8O4/c1-41(2)30(8-5-9-31(41)39-49-33-15-24(14-27(18-45)35(33)56-39)20-52-13-11-42(3,23-52)40(54)55)26-6-4-7-28(17-26)47-37-34-32(48-38(50-37)36(43)44)16-25(19-46-34)21-51-12-10-29(53)22-51/h4-9,14-17,19,29,31,36,53H,10-13,20-23H2,1-3H3,(H,54,55)(H,47,48,50)/t29-,31?,42+/m1/s1. The average molecular weight is 761 g/mol. The first kappa shape index (κ1) is 37.3. The zero-order chi connectivity index (χ0) is 39.4. The number of aromatic nitrogens is 4. The van der Waals surface area contributed by atoms with Gasteiger partial charge >= 0.3 is 5.97 Å². The first-order chi connectivity index (χ1) is 26.8. The lowest BCUT2D eigenvalue weighted by Gasteiger charge is -2.35. The van der Waals surface area contributed by atoms with Gasteiger partial charge in [0, 0.05) is 50.0 Å². The van der Waals surface area contributed by atoms with Crippen LogP contribution in [0.4, 0.5) is 20.3 Å². The molecule has 0 saturated carbocycles. The monoisotopic (exact) mass is 760 g/mol. The van der Waals surface area contributed by atoms with Crippen LogP contribution >= 0.6 is 0 Å². The molecule has 8 rings (SSSR count). The van der Waals surface area contributed by atoms with E-state index in [-0.39, 0.29) is 17.8 Å². The Bertz CT molecular complexity index is 2460. The number of pyridine rings is 1. The summed E-state index contributed by atoms with van der Waals surface area (Å²) in [5.74, 6) is -1.07. The Hall–Kier alpha value is -5.62. The van der Waals surface area contributed by atoms with E-state index in [0.29, 0.717) is 84.8 Å². The molecule has 1 aliphatic carbocycles. The fourth-order valence-corrected chi connectivity index (χ4v) is 8.25. The minimum absolute atomic E-state index is 0.167. The normalized spacial score (nSPS) is 22.6. The maximum Gasteiger partial charge on any atom is 0.310 e. The van der Waals surface area contributed by atoms with Crippen LogP contribution in [0, 0.1) is 22.2 Å². The summed E-state index contributed by atoms with van der Waals surface area (Å²) >= 11 is 0. The number of carbonyl (C=O) groups is 1. The molecule has 3 N–H and O–H groups in total. The molecule has 2 fully saturated rings. The van der Waals surface area contributed by atoms with Gasteiger partial charge in [0.2, 0.25) is 5.89 Å². The molecule has 5 aromatic rings. The van der Waals surface area contributed by atoms with Gasteiger partial charge in [-0.05, 0) is 78.9 Å². The number of carboxylic acids is 1. The number of likely N-dealkylation sites (tertiary alicyclic amines) is 2. The number of aliphatic hydroxyl groups is 1. The molecular formula is C42H42F2N8O4. The Kier molecular flexibility index (Phi) is 9.64. The number of nitriles is 1. The predicted molar refractivity (Wildman–Crippen MR) is 206 cm³/mol. The van der Waals surface area contributed by atoms with Crippen molar-refractivity contribution in [2.45, 2.75) is 65.1 Å². The zero-order valence-corrected chi connectivity index (χ0v) is 31.3. The topological polar surface area (TPSA) is 165 Å². The van der Waals surface area contributed by atoms with E-state index >= 15 is 0 Å². The van der Waals surface area contributed by atoms with E-state index in [9.17, 15) is 29.1 Å². The highest BCUT2D eigenvalue weighted by Crippen LogP contribution is 2.50. The van der Waals surface area contributed by atoms with Crippen molar-refractivity contribution < 1.29 is 28.2 Å². The minimum atomic E-state index is -2.89. The predicted octanol–water partition coefficient (Wildman–Crippen LogP) is 7.35. The Morgan fingerprint density at radius 1 is 1.07 bits per heavy atom. The van der Waals surface area contributed by atoms with Gasteiger partial charge < -0.3 is 19.9 Å². The molecule has 56 heavy (non-hydrogen) atoms. The largest absolute Gasteiger partial charge is 0.481 e. The number of anilines is 2. The smallest absolute Gasteiger partial charge is 0.310 e. The van der Waals surface area contributed by atoms with E-state index in [0.717, 1.165) is 28.8 Å². The van der Waals surface area contributed by atoms with Crippen LogP contribution in [0.25, 0.3) is 27.7 Å². The number of hydrogen-bond donors (Lipinski definition) is 3. The maximum absolute atomic E-state index is 14.0. The molecule has 2 aromatic carbocycles. The number of fused-ring (bicyclic) bond motifs is 2. The number of allylic oxidation sites excluding steroid dienone is 4.